The molecular weight excluding hydrogens is 460 g/mol. The topological polar surface area (TPSA) is 102 Å². The van der Waals surface area contributed by atoms with Crippen LogP contribution in [0.25, 0.3) is 0 Å². The van der Waals surface area contributed by atoms with Gasteiger partial charge in [0.25, 0.3) is 11.8 Å². The monoisotopic (exact) mass is 476 g/mol. The second-order valence-electron chi connectivity index (χ2n) is 7.11. The first-order chi connectivity index (χ1) is 16.4. The Bertz CT molecular complexity index is 1300. The van der Waals surface area contributed by atoms with Crippen LogP contribution in [0.15, 0.2) is 83.5 Å². The molecule has 4 rings (SSSR count). The van der Waals surface area contributed by atoms with Gasteiger partial charge >= 0.3 is 5.97 Å². The minimum atomic E-state index is -0.653. The number of aldehydes is 1. The van der Waals surface area contributed by atoms with Crippen LogP contribution in [0.5, 0.6) is 11.5 Å². The molecule has 0 fully saturated rings. The average Bonchev–Trinajstić information content (AvgIpc) is 3.08. The SMILES string of the molecule is COc1ccc(N2C(=O)C(Cl)=C(Nc3ccc(C(=O)Oc4ccc(C=O)cc4)cc3)C2=O)cc1. The Morgan fingerprint density at radius 1 is 0.882 bits per heavy atom. The molecule has 0 radical (unpaired) electrons. The molecule has 1 heterocycles. The molecule has 2 amide bonds. The third-order valence-electron chi connectivity index (χ3n) is 4.97. The number of benzene rings is 3. The van der Waals surface area contributed by atoms with Crippen molar-refractivity contribution in [1.29, 1.82) is 0 Å². The summed E-state index contributed by atoms with van der Waals surface area (Å²) in [5, 5.41) is 2.60. The van der Waals surface area contributed by atoms with Crippen LogP contribution in [0.2, 0.25) is 0 Å². The third kappa shape index (κ3) is 4.53. The Kier molecular flexibility index (Phi) is 6.42. The van der Waals surface area contributed by atoms with Crippen molar-refractivity contribution in [2.24, 2.45) is 0 Å². The molecule has 3 aromatic carbocycles. The van der Waals surface area contributed by atoms with Crippen molar-refractivity contribution in [3.05, 3.63) is 94.7 Å². The van der Waals surface area contributed by atoms with Crippen LogP contribution >= 0.6 is 11.6 Å². The first kappa shape index (κ1) is 22.8. The van der Waals surface area contributed by atoms with Crippen molar-refractivity contribution in [3.8, 4) is 11.5 Å². The summed E-state index contributed by atoms with van der Waals surface area (Å²) in [5.74, 6) is -0.983. The van der Waals surface area contributed by atoms with Crippen molar-refractivity contribution in [1.82, 2.24) is 0 Å². The lowest BCUT2D eigenvalue weighted by Gasteiger charge is -2.15. The molecule has 9 heteroatoms. The molecule has 34 heavy (non-hydrogen) atoms. The van der Waals surface area contributed by atoms with E-state index in [1.54, 1.807) is 36.4 Å². The minimum Gasteiger partial charge on any atom is -0.497 e. The second-order valence-corrected chi connectivity index (χ2v) is 7.49. The summed E-state index contributed by atoms with van der Waals surface area (Å²) in [7, 11) is 1.51. The predicted octanol–water partition coefficient (Wildman–Crippen LogP) is 4.16. The summed E-state index contributed by atoms with van der Waals surface area (Å²) in [5.41, 5.74) is 1.45. The van der Waals surface area contributed by atoms with E-state index in [2.05, 4.69) is 5.32 Å². The zero-order chi connectivity index (χ0) is 24.2. The van der Waals surface area contributed by atoms with Crippen molar-refractivity contribution in [2.75, 3.05) is 17.3 Å². The molecular formula is C25H17ClN2O6. The van der Waals surface area contributed by atoms with Crippen molar-refractivity contribution >= 4 is 47.0 Å². The summed E-state index contributed by atoms with van der Waals surface area (Å²) < 4.78 is 10.4. The minimum absolute atomic E-state index is 0.0759. The lowest BCUT2D eigenvalue weighted by atomic mass is 10.2. The molecule has 0 saturated carbocycles. The van der Waals surface area contributed by atoms with Gasteiger partial charge in [-0.15, -0.1) is 0 Å². The van der Waals surface area contributed by atoms with Crippen LogP contribution in [0, 0.1) is 0 Å². The number of esters is 1. The largest absolute Gasteiger partial charge is 0.497 e. The van der Waals surface area contributed by atoms with Crippen LogP contribution < -0.4 is 19.7 Å². The fraction of sp³-hybridized carbons (Fsp3) is 0.0400. The number of anilines is 2. The molecule has 0 aliphatic carbocycles. The maximum atomic E-state index is 12.9. The van der Waals surface area contributed by atoms with Gasteiger partial charge in [-0.05, 0) is 72.8 Å². The van der Waals surface area contributed by atoms with Gasteiger partial charge in [-0.25, -0.2) is 9.69 Å². The number of nitrogens with one attached hydrogen (secondary N) is 1. The van der Waals surface area contributed by atoms with Crippen molar-refractivity contribution in [3.63, 3.8) is 0 Å². The molecule has 0 saturated heterocycles. The van der Waals surface area contributed by atoms with E-state index in [1.807, 2.05) is 0 Å². The number of nitrogens with zero attached hydrogens (tertiary/aromatic N) is 1. The van der Waals surface area contributed by atoms with E-state index in [0.29, 0.717) is 34.7 Å². The summed E-state index contributed by atoms with van der Waals surface area (Å²) >= 11 is 6.15. The van der Waals surface area contributed by atoms with E-state index in [4.69, 9.17) is 21.1 Å². The smallest absolute Gasteiger partial charge is 0.343 e. The first-order valence-corrected chi connectivity index (χ1v) is 10.4. The lowest BCUT2D eigenvalue weighted by Crippen LogP contribution is -2.32. The highest BCUT2D eigenvalue weighted by Gasteiger charge is 2.39. The number of rotatable bonds is 7. The molecule has 0 bridgehead atoms. The fourth-order valence-corrected chi connectivity index (χ4v) is 3.40. The van der Waals surface area contributed by atoms with Gasteiger partial charge in [0.1, 0.15) is 28.5 Å². The zero-order valence-corrected chi connectivity index (χ0v) is 18.5. The van der Waals surface area contributed by atoms with Gasteiger partial charge in [0.2, 0.25) is 0 Å². The second kappa shape index (κ2) is 9.60. The average molecular weight is 477 g/mol. The molecule has 1 N–H and O–H groups in total. The molecule has 3 aromatic rings. The standard InChI is InChI=1S/C25H17ClN2O6/c1-33-19-12-8-18(9-13-19)28-23(30)21(26)22(24(28)31)27-17-6-4-16(5-7-17)25(32)34-20-10-2-15(14-29)3-11-20/h2-14,27H,1H3. The number of methoxy groups -OCH3 is 1. The van der Waals surface area contributed by atoms with Crippen molar-refractivity contribution < 1.29 is 28.7 Å². The zero-order valence-electron chi connectivity index (χ0n) is 17.8. The van der Waals surface area contributed by atoms with Crippen LogP contribution in [-0.2, 0) is 9.59 Å². The highest BCUT2D eigenvalue weighted by atomic mass is 35.5. The fourth-order valence-electron chi connectivity index (χ4n) is 3.19. The third-order valence-corrected chi connectivity index (χ3v) is 5.33. The summed E-state index contributed by atoms with van der Waals surface area (Å²) in [4.78, 5) is 49.5. The van der Waals surface area contributed by atoms with Crippen molar-refractivity contribution in [2.45, 2.75) is 0 Å². The predicted molar refractivity (Wildman–Crippen MR) is 125 cm³/mol. The van der Waals surface area contributed by atoms with Gasteiger partial charge in [-0.3, -0.25) is 14.4 Å². The Labute approximate surface area is 199 Å². The number of carbonyl (C=O) groups excluding carboxylic acids is 4. The summed E-state index contributed by atoms with van der Waals surface area (Å²) in [6, 6.07) is 18.6. The number of imide groups is 1. The summed E-state index contributed by atoms with van der Waals surface area (Å²) in [6.07, 6.45) is 0.692. The van der Waals surface area contributed by atoms with Gasteiger partial charge in [-0.1, -0.05) is 11.6 Å². The highest BCUT2D eigenvalue weighted by Crippen LogP contribution is 2.31. The number of hydrogen-bond acceptors (Lipinski definition) is 7. The Morgan fingerprint density at radius 3 is 2.09 bits per heavy atom. The van der Waals surface area contributed by atoms with Gasteiger partial charge in [0.15, 0.2) is 0 Å². The molecule has 1 aliphatic heterocycles. The number of amides is 2. The van der Waals surface area contributed by atoms with E-state index in [0.717, 1.165) is 4.90 Å². The van der Waals surface area contributed by atoms with Gasteiger partial charge in [0, 0.05) is 11.3 Å². The highest BCUT2D eigenvalue weighted by molar-refractivity contribution is 6.53. The Hall–Kier alpha value is -4.43. The summed E-state index contributed by atoms with van der Waals surface area (Å²) in [6.45, 7) is 0. The number of carbonyl (C=O) groups is 4. The van der Waals surface area contributed by atoms with Gasteiger partial charge in [-0.2, -0.15) is 0 Å². The van der Waals surface area contributed by atoms with Crippen LogP contribution in [-0.4, -0.2) is 31.2 Å². The van der Waals surface area contributed by atoms with E-state index >= 15 is 0 Å². The maximum Gasteiger partial charge on any atom is 0.343 e. The van der Waals surface area contributed by atoms with Gasteiger partial charge in [0.05, 0.1) is 18.4 Å². The lowest BCUT2D eigenvalue weighted by molar-refractivity contribution is -0.120. The van der Waals surface area contributed by atoms with Gasteiger partial charge < -0.3 is 14.8 Å². The van der Waals surface area contributed by atoms with Crippen LogP contribution in [0.4, 0.5) is 11.4 Å². The normalized spacial score (nSPS) is 13.2. The Balaban J connectivity index is 1.45. The molecule has 170 valence electrons. The van der Waals surface area contributed by atoms with E-state index < -0.39 is 17.8 Å². The van der Waals surface area contributed by atoms with E-state index in [1.165, 1.54) is 43.5 Å². The number of halogens is 1. The van der Waals surface area contributed by atoms with E-state index in [-0.39, 0.29) is 16.3 Å². The quantitative estimate of drug-likeness (QED) is 0.236. The molecule has 0 unspecified atom stereocenters. The van der Waals surface area contributed by atoms with Crippen LogP contribution in [0.3, 0.4) is 0 Å². The molecule has 0 aromatic heterocycles. The Morgan fingerprint density at radius 2 is 1.50 bits per heavy atom. The van der Waals surface area contributed by atoms with Crippen LogP contribution in [0.1, 0.15) is 20.7 Å². The first-order valence-electron chi connectivity index (χ1n) is 9.98. The molecule has 8 nitrogen and oxygen atoms in total. The number of ether oxygens (including phenoxy) is 2. The van der Waals surface area contributed by atoms with E-state index in [9.17, 15) is 19.2 Å². The molecule has 1 aliphatic rings. The molecule has 0 spiro atoms. The maximum absolute atomic E-state index is 12.9. The number of hydrogen-bond donors (Lipinski definition) is 1. The molecule has 0 atom stereocenters.